The highest BCUT2D eigenvalue weighted by Gasteiger charge is 2.43. The van der Waals surface area contributed by atoms with Crippen LogP contribution in [0.5, 0.6) is 0 Å². The number of fused-ring (bicyclic) bond motifs is 3. The van der Waals surface area contributed by atoms with E-state index in [1.165, 1.54) is 5.56 Å². The van der Waals surface area contributed by atoms with Crippen LogP contribution in [0.4, 0.5) is 5.69 Å². The first-order valence-corrected chi connectivity index (χ1v) is 12.4. The predicted octanol–water partition coefficient (Wildman–Crippen LogP) is 3.72. The first kappa shape index (κ1) is 21.5. The fraction of sp³-hybridized carbons (Fsp3) is 0.444. The second kappa shape index (κ2) is 8.32. The molecule has 2 aliphatic heterocycles. The SMILES string of the molecule is CN1CCC(C(=O)Nc2cnc3[nH]cc(-c4ccc5c(c4)C4(CCNCC4)CC5=O)c3c2)CC1. The van der Waals surface area contributed by atoms with E-state index in [0.717, 1.165) is 85.3 Å². The molecule has 0 saturated carbocycles. The van der Waals surface area contributed by atoms with Crippen LogP contribution < -0.4 is 10.6 Å². The summed E-state index contributed by atoms with van der Waals surface area (Å²) >= 11 is 0. The summed E-state index contributed by atoms with van der Waals surface area (Å²) in [7, 11) is 2.10. The average Bonchev–Trinajstić information content (AvgIpc) is 3.38. The minimum absolute atomic E-state index is 0.0365. The first-order chi connectivity index (χ1) is 16.5. The van der Waals surface area contributed by atoms with Crippen molar-refractivity contribution in [2.75, 3.05) is 38.5 Å². The van der Waals surface area contributed by atoms with Crippen LogP contribution in [0.3, 0.4) is 0 Å². The highest BCUT2D eigenvalue weighted by molar-refractivity contribution is 6.04. The molecule has 2 fully saturated rings. The van der Waals surface area contributed by atoms with Gasteiger partial charge in [0, 0.05) is 40.5 Å². The number of benzene rings is 1. The van der Waals surface area contributed by atoms with Crippen LogP contribution in [-0.4, -0.2) is 59.8 Å². The second-order valence-corrected chi connectivity index (χ2v) is 10.3. The Morgan fingerprint density at radius 1 is 1.15 bits per heavy atom. The van der Waals surface area contributed by atoms with E-state index in [9.17, 15) is 9.59 Å². The average molecular weight is 458 g/mol. The van der Waals surface area contributed by atoms with E-state index in [-0.39, 0.29) is 23.0 Å². The van der Waals surface area contributed by atoms with Crippen molar-refractivity contribution in [3.8, 4) is 11.1 Å². The molecule has 6 rings (SSSR count). The van der Waals surface area contributed by atoms with Crippen LogP contribution in [-0.2, 0) is 10.2 Å². The number of nitrogens with one attached hydrogen (secondary N) is 3. The summed E-state index contributed by atoms with van der Waals surface area (Å²) in [6, 6.07) is 8.28. The Bertz CT molecular complexity index is 1270. The molecule has 3 aliphatic rings. The molecule has 1 spiro atoms. The van der Waals surface area contributed by atoms with Crippen molar-refractivity contribution < 1.29 is 9.59 Å². The van der Waals surface area contributed by atoms with Crippen molar-refractivity contribution in [3.05, 3.63) is 47.8 Å². The Labute approximate surface area is 199 Å². The Balaban J connectivity index is 1.31. The predicted molar refractivity (Wildman–Crippen MR) is 133 cm³/mol. The summed E-state index contributed by atoms with van der Waals surface area (Å²) in [4.78, 5) is 35.7. The van der Waals surface area contributed by atoms with E-state index in [4.69, 9.17) is 0 Å². The van der Waals surface area contributed by atoms with Crippen molar-refractivity contribution in [2.24, 2.45) is 5.92 Å². The summed E-state index contributed by atoms with van der Waals surface area (Å²) in [5, 5.41) is 7.51. The van der Waals surface area contributed by atoms with E-state index in [0.29, 0.717) is 6.42 Å². The van der Waals surface area contributed by atoms with Crippen LogP contribution >= 0.6 is 0 Å². The summed E-state index contributed by atoms with van der Waals surface area (Å²) in [6.07, 6.45) is 8.09. The third-order valence-electron chi connectivity index (χ3n) is 8.15. The zero-order valence-corrected chi connectivity index (χ0v) is 19.6. The molecule has 3 aromatic rings. The van der Waals surface area contributed by atoms with Gasteiger partial charge in [-0.1, -0.05) is 12.1 Å². The van der Waals surface area contributed by atoms with Crippen molar-refractivity contribution in [1.29, 1.82) is 0 Å². The number of aromatic amines is 1. The van der Waals surface area contributed by atoms with Gasteiger partial charge in [0.1, 0.15) is 5.65 Å². The molecule has 4 heterocycles. The van der Waals surface area contributed by atoms with Gasteiger partial charge in [0.05, 0.1) is 11.9 Å². The standard InChI is InChI=1S/C27H31N5O2/c1-32-10-4-17(5-11-32)26(34)31-19-13-21-22(16-30-25(21)29-15-19)18-2-3-20-23(12-18)27(14-24(20)33)6-8-28-9-7-27/h2-3,12-13,15-17,28H,4-11,14H2,1H3,(H,29,30)(H,31,34). The molecule has 7 nitrogen and oxygen atoms in total. The number of aromatic nitrogens is 2. The molecule has 2 saturated heterocycles. The highest BCUT2D eigenvalue weighted by atomic mass is 16.2. The molecule has 176 valence electrons. The van der Waals surface area contributed by atoms with Gasteiger partial charge in [0.2, 0.25) is 5.91 Å². The van der Waals surface area contributed by atoms with Gasteiger partial charge in [-0.25, -0.2) is 4.98 Å². The maximum atomic E-state index is 12.8. The number of anilines is 1. The maximum Gasteiger partial charge on any atom is 0.227 e. The number of amides is 1. The van der Waals surface area contributed by atoms with Gasteiger partial charge in [-0.15, -0.1) is 0 Å². The van der Waals surface area contributed by atoms with E-state index >= 15 is 0 Å². The lowest BCUT2D eigenvalue weighted by atomic mass is 9.74. The zero-order chi connectivity index (χ0) is 23.3. The summed E-state index contributed by atoms with van der Waals surface area (Å²) in [5.41, 5.74) is 5.69. The smallest absolute Gasteiger partial charge is 0.227 e. The van der Waals surface area contributed by atoms with Crippen LogP contribution in [0.1, 0.15) is 48.0 Å². The third-order valence-corrected chi connectivity index (χ3v) is 8.15. The van der Waals surface area contributed by atoms with Gasteiger partial charge in [-0.3, -0.25) is 9.59 Å². The fourth-order valence-corrected chi connectivity index (χ4v) is 6.07. The lowest BCUT2D eigenvalue weighted by Gasteiger charge is -2.34. The molecule has 0 unspecified atom stereocenters. The number of likely N-dealkylation sites (tertiary alicyclic amines) is 1. The van der Waals surface area contributed by atoms with Crippen molar-refractivity contribution in [3.63, 3.8) is 0 Å². The van der Waals surface area contributed by atoms with E-state index < -0.39 is 0 Å². The first-order valence-electron chi connectivity index (χ1n) is 12.4. The van der Waals surface area contributed by atoms with Crippen LogP contribution in [0.15, 0.2) is 36.7 Å². The van der Waals surface area contributed by atoms with Gasteiger partial charge >= 0.3 is 0 Å². The molecule has 0 radical (unpaired) electrons. The largest absolute Gasteiger partial charge is 0.346 e. The van der Waals surface area contributed by atoms with E-state index in [1.807, 2.05) is 24.4 Å². The maximum absolute atomic E-state index is 12.8. The van der Waals surface area contributed by atoms with Crippen LogP contribution in [0.25, 0.3) is 22.2 Å². The molecular weight excluding hydrogens is 426 g/mol. The normalized spacial score (nSPS) is 20.7. The molecule has 0 atom stereocenters. The van der Waals surface area contributed by atoms with Crippen LogP contribution in [0.2, 0.25) is 0 Å². The number of piperidine rings is 2. The Kier molecular flexibility index (Phi) is 5.26. The van der Waals surface area contributed by atoms with E-state index in [1.54, 1.807) is 6.20 Å². The van der Waals surface area contributed by atoms with Gasteiger partial charge in [0.15, 0.2) is 5.78 Å². The summed E-state index contributed by atoms with van der Waals surface area (Å²) in [6.45, 7) is 3.81. The lowest BCUT2D eigenvalue weighted by molar-refractivity contribution is -0.121. The van der Waals surface area contributed by atoms with Crippen molar-refractivity contribution >= 4 is 28.4 Å². The fourth-order valence-electron chi connectivity index (χ4n) is 6.07. The number of Topliss-reactive ketones (excluding diaryl/α,β-unsaturated/α-hetero) is 1. The minimum Gasteiger partial charge on any atom is -0.346 e. The molecule has 34 heavy (non-hydrogen) atoms. The zero-order valence-electron chi connectivity index (χ0n) is 19.6. The molecule has 3 N–H and O–H groups in total. The van der Waals surface area contributed by atoms with Gasteiger partial charge < -0.3 is 20.5 Å². The number of carbonyl (C=O) groups is 2. The number of pyridine rings is 1. The number of carbonyl (C=O) groups excluding carboxylic acids is 2. The number of ketones is 1. The van der Waals surface area contributed by atoms with Crippen LogP contribution in [0, 0.1) is 5.92 Å². The summed E-state index contributed by atoms with van der Waals surface area (Å²) in [5.74, 6) is 0.395. The molecule has 1 amide bonds. The molecule has 1 aromatic carbocycles. The number of hydrogen-bond acceptors (Lipinski definition) is 5. The quantitative estimate of drug-likeness (QED) is 0.558. The molecule has 7 heteroatoms. The Hall–Kier alpha value is -3.03. The number of rotatable bonds is 3. The molecule has 1 aliphatic carbocycles. The number of hydrogen-bond donors (Lipinski definition) is 3. The highest BCUT2D eigenvalue weighted by Crippen LogP contribution is 2.46. The minimum atomic E-state index is -0.0365. The van der Waals surface area contributed by atoms with Gasteiger partial charge in [-0.05, 0) is 82.2 Å². The van der Waals surface area contributed by atoms with Crippen molar-refractivity contribution in [1.82, 2.24) is 20.2 Å². The Morgan fingerprint density at radius 2 is 1.94 bits per heavy atom. The third kappa shape index (κ3) is 3.63. The summed E-state index contributed by atoms with van der Waals surface area (Å²) < 4.78 is 0. The van der Waals surface area contributed by atoms with E-state index in [2.05, 4.69) is 38.6 Å². The topological polar surface area (TPSA) is 90.1 Å². The Morgan fingerprint density at radius 3 is 2.74 bits per heavy atom. The second-order valence-electron chi connectivity index (χ2n) is 10.3. The number of H-pyrrole nitrogens is 1. The van der Waals surface area contributed by atoms with Gasteiger partial charge in [-0.2, -0.15) is 0 Å². The molecular formula is C27H31N5O2. The monoisotopic (exact) mass is 457 g/mol. The molecule has 2 aromatic heterocycles. The van der Waals surface area contributed by atoms with Crippen molar-refractivity contribution in [2.45, 2.75) is 37.5 Å². The van der Waals surface area contributed by atoms with Gasteiger partial charge in [0.25, 0.3) is 0 Å². The lowest BCUT2D eigenvalue weighted by Crippen LogP contribution is -2.38. The molecule has 0 bridgehead atoms. The number of nitrogens with zero attached hydrogens (tertiary/aromatic N) is 2.